The van der Waals surface area contributed by atoms with Gasteiger partial charge in [-0.25, -0.2) is 24.1 Å². The molecule has 2 aromatic heterocycles. The lowest BCUT2D eigenvalue weighted by atomic mass is 10.1. The van der Waals surface area contributed by atoms with E-state index in [1.54, 1.807) is 6.20 Å². The molecule has 4 heterocycles. The molecule has 2 bridgehead atoms. The number of benzene rings is 2. The van der Waals surface area contributed by atoms with Crippen molar-refractivity contribution in [1.29, 1.82) is 0 Å². The van der Waals surface area contributed by atoms with E-state index in [0.717, 1.165) is 23.5 Å². The molecular formula is C23H16F4N6OS. The van der Waals surface area contributed by atoms with Crippen LogP contribution < -0.4 is 15.1 Å². The summed E-state index contributed by atoms with van der Waals surface area (Å²) in [5, 5.41) is 3.09. The van der Waals surface area contributed by atoms with Gasteiger partial charge in [-0.2, -0.15) is 13.2 Å². The molecule has 0 radical (unpaired) electrons. The van der Waals surface area contributed by atoms with Gasteiger partial charge in [-0.3, -0.25) is 10.2 Å². The van der Waals surface area contributed by atoms with Gasteiger partial charge in [-0.05, 0) is 36.8 Å². The smallest absolute Gasteiger partial charge is 0.365 e. The molecule has 2 amide bonds. The van der Waals surface area contributed by atoms with Crippen molar-refractivity contribution in [1.82, 2.24) is 15.0 Å². The Balaban J connectivity index is 1.36. The molecule has 1 fully saturated rings. The fourth-order valence-electron chi connectivity index (χ4n) is 4.45. The van der Waals surface area contributed by atoms with E-state index in [-0.39, 0.29) is 17.4 Å². The van der Waals surface area contributed by atoms with Crippen molar-refractivity contribution in [3.8, 4) is 11.4 Å². The average Bonchev–Trinajstić information content (AvgIpc) is 3.42. The van der Waals surface area contributed by atoms with E-state index in [2.05, 4.69) is 25.2 Å². The standard InChI is InChI=1S/C23H16F4N6OS/c24-14-4-5-16-18(9-14)35-21(29-16)31-22(34)33-15-6-7-32(11-15)17-10-28-19(30-20(17)33)12-2-1-3-13(8-12)23(25,26)27/h1-5,8-10,15H,6-7,11H2,(H,29,31,34)/t15-/m0/s1. The summed E-state index contributed by atoms with van der Waals surface area (Å²) < 4.78 is 53.8. The number of nitrogens with zero attached hydrogens (tertiary/aromatic N) is 5. The van der Waals surface area contributed by atoms with Crippen LogP contribution in [0.4, 0.5) is 39.0 Å². The van der Waals surface area contributed by atoms with Crippen molar-refractivity contribution in [3.05, 3.63) is 60.0 Å². The predicted octanol–water partition coefficient (Wildman–Crippen LogP) is 5.54. The van der Waals surface area contributed by atoms with Crippen molar-refractivity contribution in [2.75, 3.05) is 28.2 Å². The van der Waals surface area contributed by atoms with Gasteiger partial charge in [0.15, 0.2) is 16.8 Å². The van der Waals surface area contributed by atoms with E-state index in [0.29, 0.717) is 46.4 Å². The molecule has 1 N–H and O–H groups in total. The van der Waals surface area contributed by atoms with Crippen molar-refractivity contribution >= 4 is 44.2 Å². The van der Waals surface area contributed by atoms with Gasteiger partial charge in [-0.15, -0.1) is 0 Å². The summed E-state index contributed by atoms with van der Waals surface area (Å²) in [7, 11) is 0. The Kier molecular flexibility index (Phi) is 4.88. The summed E-state index contributed by atoms with van der Waals surface area (Å²) in [6.07, 6.45) is -2.25. The van der Waals surface area contributed by atoms with Gasteiger partial charge in [0.2, 0.25) is 0 Å². The third-order valence-corrected chi connectivity index (χ3v) is 7.01. The van der Waals surface area contributed by atoms with Crippen LogP contribution in [0.5, 0.6) is 0 Å². The Labute approximate surface area is 200 Å². The van der Waals surface area contributed by atoms with E-state index < -0.39 is 23.6 Å². The fraction of sp³-hybridized carbons (Fsp3) is 0.217. The number of rotatable bonds is 2. The molecule has 1 atom stereocenters. The first-order valence-corrected chi connectivity index (χ1v) is 11.5. The molecule has 35 heavy (non-hydrogen) atoms. The number of urea groups is 1. The van der Waals surface area contributed by atoms with Crippen molar-refractivity contribution < 1.29 is 22.4 Å². The van der Waals surface area contributed by atoms with Gasteiger partial charge in [0.25, 0.3) is 0 Å². The summed E-state index contributed by atoms with van der Waals surface area (Å²) in [5.41, 5.74) is 0.592. The van der Waals surface area contributed by atoms with Crippen LogP contribution in [-0.2, 0) is 6.18 Å². The molecule has 7 nitrogen and oxygen atoms in total. The molecule has 2 aliphatic heterocycles. The molecule has 6 rings (SSSR count). The highest BCUT2D eigenvalue weighted by molar-refractivity contribution is 7.22. The van der Waals surface area contributed by atoms with Crippen molar-refractivity contribution in [2.45, 2.75) is 18.6 Å². The Morgan fingerprint density at radius 2 is 2.00 bits per heavy atom. The number of fused-ring (bicyclic) bond motifs is 5. The van der Waals surface area contributed by atoms with Crippen LogP contribution in [0.2, 0.25) is 0 Å². The molecular weight excluding hydrogens is 484 g/mol. The van der Waals surface area contributed by atoms with Gasteiger partial charge in [0, 0.05) is 18.7 Å². The number of aromatic nitrogens is 3. The molecule has 12 heteroatoms. The molecule has 2 aliphatic rings. The van der Waals surface area contributed by atoms with E-state index in [9.17, 15) is 22.4 Å². The van der Waals surface area contributed by atoms with Crippen molar-refractivity contribution in [2.24, 2.45) is 0 Å². The third kappa shape index (κ3) is 3.83. The van der Waals surface area contributed by atoms with Crippen molar-refractivity contribution in [3.63, 3.8) is 0 Å². The van der Waals surface area contributed by atoms with Crippen LogP contribution in [0.15, 0.2) is 48.7 Å². The minimum Gasteiger partial charge on any atom is -0.365 e. The normalized spacial score (nSPS) is 17.1. The maximum atomic E-state index is 13.5. The summed E-state index contributed by atoms with van der Waals surface area (Å²) in [6.45, 7) is 1.30. The second-order valence-electron chi connectivity index (χ2n) is 8.30. The zero-order valence-electron chi connectivity index (χ0n) is 17.9. The first-order valence-electron chi connectivity index (χ1n) is 10.7. The highest BCUT2D eigenvalue weighted by Gasteiger charge is 2.41. The minimum atomic E-state index is -4.50. The highest BCUT2D eigenvalue weighted by Crippen LogP contribution is 2.40. The summed E-state index contributed by atoms with van der Waals surface area (Å²) in [6, 6.07) is 8.33. The zero-order valence-corrected chi connectivity index (χ0v) is 18.7. The molecule has 0 unspecified atom stereocenters. The first-order chi connectivity index (χ1) is 16.8. The number of nitrogens with one attached hydrogen (secondary N) is 1. The van der Waals surface area contributed by atoms with Crippen LogP contribution in [0, 0.1) is 5.82 Å². The second kappa shape index (κ2) is 7.87. The van der Waals surface area contributed by atoms with E-state index in [1.165, 1.54) is 35.2 Å². The molecule has 0 spiro atoms. The van der Waals surface area contributed by atoms with Gasteiger partial charge in [-0.1, -0.05) is 23.5 Å². The lowest BCUT2D eigenvalue weighted by molar-refractivity contribution is -0.137. The zero-order chi connectivity index (χ0) is 24.3. The predicted molar refractivity (Wildman–Crippen MR) is 124 cm³/mol. The van der Waals surface area contributed by atoms with E-state index >= 15 is 0 Å². The number of halogens is 4. The lowest BCUT2D eigenvalue weighted by Gasteiger charge is -2.35. The topological polar surface area (TPSA) is 74.2 Å². The largest absolute Gasteiger partial charge is 0.416 e. The van der Waals surface area contributed by atoms with Gasteiger partial charge >= 0.3 is 12.2 Å². The van der Waals surface area contributed by atoms with Gasteiger partial charge in [0.1, 0.15) is 5.82 Å². The highest BCUT2D eigenvalue weighted by atomic mass is 32.1. The fourth-order valence-corrected chi connectivity index (χ4v) is 5.33. The van der Waals surface area contributed by atoms with Gasteiger partial charge in [0.05, 0.1) is 33.7 Å². The Morgan fingerprint density at radius 1 is 1.14 bits per heavy atom. The summed E-state index contributed by atoms with van der Waals surface area (Å²) in [4.78, 5) is 30.1. The summed E-state index contributed by atoms with van der Waals surface area (Å²) >= 11 is 1.15. The molecule has 178 valence electrons. The number of anilines is 3. The number of thiazole rings is 1. The quantitative estimate of drug-likeness (QED) is 0.366. The average molecular weight is 500 g/mol. The van der Waals surface area contributed by atoms with E-state index in [4.69, 9.17) is 0 Å². The molecule has 0 saturated carbocycles. The monoisotopic (exact) mass is 500 g/mol. The maximum absolute atomic E-state index is 13.5. The van der Waals surface area contributed by atoms with Crippen LogP contribution in [0.3, 0.4) is 0 Å². The maximum Gasteiger partial charge on any atom is 0.416 e. The SMILES string of the molecule is O=C(Nc1nc2ccc(F)cc2s1)N1c2nc(-c3cccc(C(F)(F)F)c3)ncc2N2CC[C@H]1C2. The first kappa shape index (κ1) is 21.7. The summed E-state index contributed by atoms with van der Waals surface area (Å²) in [5.74, 6) is 0.0188. The number of amides is 2. The minimum absolute atomic E-state index is 0.0885. The van der Waals surface area contributed by atoms with Crippen LogP contribution in [0.25, 0.3) is 21.6 Å². The lowest BCUT2D eigenvalue weighted by Crippen LogP contribution is -2.48. The van der Waals surface area contributed by atoms with Crippen LogP contribution in [0.1, 0.15) is 12.0 Å². The number of carbonyl (C=O) groups excluding carboxylic acids is 1. The molecule has 4 aromatic rings. The third-order valence-electron chi connectivity index (χ3n) is 6.08. The van der Waals surface area contributed by atoms with Crippen LogP contribution in [-0.4, -0.2) is 40.1 Å². The Morgan fingerprint density at radius 3 is 2.83 bits per heavy atom. The van der Waals surface area contributed by atoms with Crippen LogP contribution >= 0.6 is 11.3 Å². The Hall–Kier alpha value is -3.80. The number of carbonyl (C=O) groups is 1. The Bertz CT molecular complexity index is 1470. The molecule has 1 saturated heterocycles. The van der Waals surface area contributed by atoms with E-state index in [1.807, 2.05) is 0 Å². The number of hydrogen-bond donors (Lipinski definition) is 1. The van der Waals surface area contributed by atoms with Gasteiger partial charge < -0.3 is 4.90 Å². The number of hydrogen-bond acceptors (Lipinski definition) is 6. The second-order valence-corrected chi connectivity index (χ2v) is 9.33. The number of alkyl halides is 3. The molecule has 0 aliphatic carbocycles. The molecule has 2 aromatic carbocycles.